The fourth-order valence-corrected chi connectivity index (χ4v) is 5.00. The standard InChI is InChI=1S/C22H28N8OS/c1-13(2)32-17-9-6-7-15-18(17)26-22(25-16-8-4-5-10-23-21(16)31)30-20(15)27-19(28-30)14-11-24-29(3)12-14/h6-7,9,11-13,16,21,23,31H,4-5,8,10H2,1-3H3,(H,25,26)/t16-,21?/m1/s1. The third kappa shape index (κ3) is 4.05. The molecule has 9 nitrogen and oxygen atoms in total. The largest absolute Gasteiger partial charge is 0.376 e. The average Bonchev–Trinajstić information content (AvgIpc) is 3.34. The molecule has 0 amide bonds. The maximum atomic E-state index is 10.6. The highest BCUT2D eigenvalue weighted by Gasteiger charge is 2.24. The molecule has 0 saturated carbocycles. The smallest absolute Gasteiger partial charge is 0.226 e. The zero-order valence-corrected chi connectivity index (χ0v) is 19.3. The first-order valence-corrected chi connectivity index (χ1v) is 11.9. The van der Waals surface area contributed by atoms with Crippen LogP contribution < -0.4 is 10.6 Å². The van der Waals surface area contributed by atoms with Crippen LogP contribution in [0.2, 0.25) is 0 Å². The number of benzene rings is 1. The summed E-state index contributed by atoms with van der Waals surface area (Å²) in [6.07, 6.45) is 5.94. The molecule has 1 saturated heterocycles. The Labute approximate surface area is 190 Å². The number of para-hydroxylation sites is 1. The number of fused-ring (bicyclic) bond motifs is 3. The van der Waals surface area contributed by atoms with E-state index in [1.54, 1.807) is 27.2 Å². The van der Waals surface area contributed by atoms with Crippen LogP contribution in [0.5, 0.6) is 0 Å². The Bertz CT molecular complexity index is 1250. The molecule has 1 aliphatic rings. The molecule has 5 rings (SSSR count). The van der Waals surface area contributed by atoms with Crippen molar-refractivity contribution in [3.63, 3.8) is 0 Å². The number of thioether (sulfide) groups is 1. The molecule has 3 aromatic heterocycles. The van der Waals surface area contributed by atoms with E-state index in [4.69, 9.17) is 15.1 Å². The van der Waals surface area contributed by atoms with Crippen LogP contribution >= 0.6 is 11.8 Å². The first kappa shape index (κ1) is 21.2. The summed E-state index contributed by atoms with van der Waals surface area (Å²) < 4.78 is 3.49. The van der Waals surface area contributed by atoms with Gasteiger partial charge in [0.1, 0.15) is 6.23 Å². The number of nitrogens with zero attached hydrogens (tertiary/aromatic N) is 6. The van der Waals surface area contributed by atoms with E-state index in [2.05, 4.69) is 35.6 Å². The van der Waals surface area contributed by atoms with E-state index in [0.29, 0.717) is 17.0 Å². The summed E-state index contributed by atoms with van der Waals surface area (Å²) in [5.74, 6) is 1.18. The van der Waals surface area contributed by atoms with Crippen molar-refractivity contribution in [3.05, 3.63) is 30.6 Å². The van der Waals surface area contributed by atoms with Gasteiger partial charge in [0.05, 0.1) is 23.3 Å². The molecular weight excluding hydrogens is 424 g/mol. The molecule has 0 spiro atoms. The molecule has 3 N–H and O–H groups in total. The summed E-state index contributed by atoms with van der Waals surface area (Å²) in [7, 11) is 1.87. The lowest BCUT2D eigenvalue weighted by Crippen LogP contribution is -2.43. The summed E-state index contributed by atoms with van der Waals surface area (Å²) in [5, 5.41) is 27.6. The van der Waals surface area contributed by atoms with Crippen molar-refractivity contribution < 1.29 is 5.11 Å². The van der Waals surface area contributed by atoms with Crippen LogP contribution in [0.3, 0.4) is 0 Å². The number of aliphatic hydroxyl groups excluding tert-OH is 1. The van der Waals surface area contributed by atoms with Crippen LogP contribution in [0.25, 0.3) is 27.9 Å². The zero-order valence-electron chi connectivity index (χ0n) is 18.5. The van der Waals surface area contributed by atoms with Crippen LogP contribution in [0, 0.1) is 0 Å². The third-order valence-electron chi connectivity index (χ3n) is 5.58. The van der Waals surface area contributed by atoms with Gasteiger partial charge in [-0.25, -0.2) is 9.97 Å². The Morgan fingerprint density at radius 3 is 2.91 bits per heavy atom. The maximum Gasteiger partial charge on any atom is 0.226 e. The van der Waals surface area contributed by atoms with Crippen LogP contribution in [0.1, 0.15) is 33.1 Å². The molecule has 1 aliphatic heterocycles. The lowest BCUT2D eigenvalue weighted by molar-refractivity contribution is 0.121. The number of aliphatic hydroxyl groups is 1. The Morgan fingerprint density at radius 1 is 1.25 bits per heavy atom. The van der Waals surface area contributed by atoms with Gasteiger partial charge in [-0.1, -0.05) is 19.9 Å². The maximum absolute atomic E-state index is 10.6. The van der Waals surface area contributed by atoms with Gasteiger partial charge >= 0.3 is 0 Å². The van der Waals surface area contributed by atoms with Crippen LogP contribution in [0.4, 0.5) is 5.95 Å². The summed E-state index contributed by atoms with van der Waals surface area (Å²) in [6.45, 7) is 5.15. The fraction of sp³-hybridized carbons (Fsp3) is 0.455. The summed E-state index contributed by atoms with van der Waals surface area (Å²) >= 11 is 1.78. The van der Waals surface area contributed by atoms with E-state index in [0.717, 1.165) is 52.8 Å². The fourth-order valence-electron chi connectivity index (χ4n) is 4.06. The van der Waals surface area contributed by atoms with Crippen molar-refractivity contribution in [2.45, 2.75) is 55.5 Å². The van der Waals surface area contributed by atoms with Crippen molar-refractivity contribution in [3.8, 4) is 11.4 Å². The Morgan fingerprint density at radius 2 is 2.12 bits per heavy atom. The van der Waals surface area contributed by atoms with E-state index >= 15 is 0 Å². The number of rotatable bonds is 5. The van der Waals surface area contributed by atoms with Gasteiger partial charge in [0.2, 0.25) is 5.95 Å². The molecular formula is C22H28N8OS. The molecule has 4 aromatic rings. The highest BCUT2D eigenvalue weighted by atomic mass is 32.2. The number of hydrogen-bond donors (Lipinski definition) is 3. The minimum absolute atomic E-state index is 0.165. The molecule has 2 atom stereocenters. The molecule has 4 heterocycles. The minimum Gasteiger partial charge on any atom is -0.376 e. The van der Waals surface area contributed by atoms with E-state index < -0.39 is 6.23 Å². The number of anilines is 1. The molecule has 10 heteroatoms. The average molecular weight is 453 g/mol. The molecule has 1 aromatic carbocycles. The Balaban J connectivity index is 1.69. The molecule has 1 unspecified atom stereocenters. The second-order valence-corrected chi connectivity index (χ2v) is 10.1. The number of hydrogen-bond acceptors (Lipinski definition) is 8. The highest BCUT2D eigenvalue weighted by Crippen LogP contribution is 2.33. The summed E-state index contributed by atoms with van der Waals surface area (Å²) in [6, 6.07) is 6.01. The minimum atomic E-state index is -0.647. The van der Waals surface area contributed by atoms with Crippen LogP contribution in [-0.4, -0.2) is 58.5 Å². The first-order valence-electron chi connectivity index (χ1n) is 11.0. The van der Waals surface area contributed by atoms with Gasteiger partial charge in [-0.3, -0.25) is 10.00 Å². The predicted molar refractivity (Wildman–Crippen MR) is 127 cm³/mol. The van der Waals surface area contributed by atoms with Gasteiger partial charge in [0.15, 0.2) is 11.5 Å². The molecule has 32 heavy (non-hydrogen) atoms. The van der Waals surface area contributed by atoms with Gasteiger partial charge in [-0.05, 0) is 37.9 Å². The van der Waals surface area contributed by atoms with Gasteiger partial charge in [-0.15, -0.1) is 16.9 Å². The van der Waals surface area contributed by atoms with Crippen molar-refractivity contribution in [2.24, 2.45) is 7.05 Å². The first-order chi connectivity index (χ1) is 15.5. The molecule has 0 bridgehead atoms. The SMILES string of the molecule is CC(C)Sc1cccc2c1nc(N[C@@H]1CCCCNC1O)n1nc(-c3cnn(C)c3)nc21. The number of aromatic nitrogens is 6. The monoisotopic (exact) mass is 452 g/mol. The zero-order chi connectivity index (χ0) is 22.2. The third-order valence-corrected chi connectivity index (χ3v) is 6.64. The van der Waals surface area contributed by atoms with Gasteiger partial charge in [0.25, 0.3) is 0 Å². The molecule has 1 fully saturated rings. The predicted octanol–water partition coefficient (Wildman–Crippen LogP) is 3.05. The lowest BCUT2D eigenvalue weighted by Gasteiger charge is -2.23. The summed E-state index contributed by atoms with van der Waals surface area (Å²) in [4.78, 5) is 11.0. The molecule has 168 valence electrons. The molecule has 0 radical (unpaired) electrons. The van der Waals surface area contributed by atoms with Crippen molar-refractivity contribution >= 4 is 34.3 Å². The van der Waals surface area contributed by atoms with Crippen molar-refractivity contribution in [2.75, 3.05) is 11.9 Å². The Hall–Kier alpha value is -2.69. The Kier molecular flexibility index (Phi) is 5.75. The topological polar surface area (TPSA) is 105 Å². The highest BCUT2D eigenvalue weighted by molar-refractivity contribution is 8.00. The number of aryl methyl sites for hydroxylation is 1. The van der Waals surface area contributed by atoms with Crippen LogP contribution in [0.15, 0.2) is 35.5 Å². The van der Waals surface area contributed by atoms with E-state index in [1.165, 1.54) is 0 Å². The second-order valence-electron chi connectivity index (χ2n) is 8.47. The van der Waals surface area contributed by atoms with Crippen LogP contribution in [-0.2, 0) is 7.05 Å². The summed E-state index contributed by atoms with van der Waals surface area (Å²) in [5.41, 5.74) is 2.47. The normalized spacial score (nSPS) is 19.7. The van der Waals surface area contributed by atoms with Crippen molar-refractivity contribution in [1.29, 1.82) is 0 Å². The van der Waals surface area contributed by atoms with Gasteiger partial charge < -0.3 is 10.4 Å². The van der Waals surface area contributed by atoms with E-state index in [1.807, 2.05) is 25.4 Å². The van der Waals surface area contributed by atoms with Gasteiger partial charge in [-0.2, -0.15) is 9.61 Å². The van der Waals surface area contributed by atoms with E-state index in [-0.39, 0.29) is 6.04 Å². The van der Waals surface area contributed by atoms with Crippen molar-refractivity contribution in [1.82, 2.24) is 34.7 Å². The molecule has 0 aliphatic carbocycles. The quantitative estimate of drug-likeness (QED) is 0.397. The van der Waals surface area contributed by atoms with Gasteiger partial charge in [0, 0.05) is 28.8 Å². The number of nitrogens with one attached hydrogen (secondary N) is 2. The lowest BCUT2D eigenvalue weighted by atomic mass is 10.1. The second kappa shape index (κ2) is 8.68. The van der Waals surface area contributed by atoms with E-state index in [9.17, 15) is 5.11 Å².